The first-order valence-corrected chi connectivity index (χ1v) is 4.98. The highest BCUT2D eigenvalue weighted by molar-refractivity contribution is 6.33. The van der Waals surface area contributed by atoms with Crippen LogP contribution < -0.4 is 5.32 Å². The summed E-state index contributed by atoms with van der Waals surface area (Å²) in [7, 11) is 0. The molecule has 1 aromatic carbocycles. The zero-order valence-electron chi connectivity index (χ0n) is 8.35. The van der Waals surface area contributed by atoms with Crippen LogP contribution in [0.15, 0.2) is 18.2 Å². The molecule has 0 aliphatic carbocycles. The molecule has 88 valence electrons. The van der Waals surface area contributed by atoms with E-state index in [-0.39, 0.29) is 22.9 Å². The van der Waals surface area contributed by atoms with E-state index in [2.05, 4.69) is 5.32 Å². The second-order valence-corrected chi connectivity index (χ2v) is 3.62. The van der Waals surface area contributed by atoms with Crippen LogP contribution in [-0.4, -0.2) is 40.5 Å². The molecule has 0 heterocycles. The Morgan fingerprint density at radius 3 is 2.81 bits per heavy atom. The van der Waals surface area contributed by atoms with Gasteiger partial charge in [-0.1, -0.05) is 11.6 Å². The maximum absolute atomic E-state index is 11.5. The summed E-state index contributed by atoms with van der Waals surface area (Å²) in [5, 5.41) is 29.3. The van der Waals surface area contributed by atoms with E-state index in [0.717, 1.165) is 0 Å². The van der Waals surface area contributed by atoms with Gasteiger partial charge in [-0.2, -0.15) is 0 Å². The van der Waals surface area contributed by atoms with Crippen LogP contribution in [0.5, 0.6) is 5.75 Å². The first-order chi connectivity index (χ1) is 7.54. The SMILES string of the molecule is O=C(NCC(O)CO)c1cc(O)ccc1Cl. The lowest BCUT2D eigenvalue weighted by atomic mass is 10.2. The molecule has 1 amide bonds. The van der Waals surface area contributed by atoms with E-state index in [1.54, 1.807) is 0 Å². The predicted octanol–water partition coefficient (Wildman–Crippen LogP) is 0.129. The summed E-state index contributed by atoms with van der Waals surface area (Å²) in [4.78, 5) is 11.5. The van der Waals surface area contributed by atoms with Crippen LogP contribution in [0.2, 0.25) is 5.02 Å². The number of hydrogen-bond donors (Lipinski definition) is 4. The van der Waals surface area contributed by atoms with Crippen LogP contribution in [0.4, 0.5) is 0 Å². The molecule has 0 bridgehead atoms. The Morgan fingerprint density at radius 1 is 1.50 bits per heavy atom. The molecule has 0 fully saturated rings. The number of aliphatic hydroxyl groups excluding tert-OH is 2. The number of amides is 1. The van der Waals surface area contributed by atoms with Gasteiger partial charge in [-0.3, -0.25) is 4.79 Å². The molecule has 16 heavy (non-hydrogen) atoms. The van der Waals surface area contributed by atoms with Crippen molar-refractivity contribution in [3.63, 3.8) is 0 Å². The van der Waals surface area contributed by atoms with E-state index in [4.69, 9.17) is 21.8 Å². The maximum Gasteiger partial charge on any atom is 0.253 e. The third kappa shape index (κ3) is 3.37. The Labute approximate surface area is 97.3 Å². The van der Waals surface area contributed by atoms with Crippen molar-refractivity contribution in [1.29, 1.82) is 0 Å². The highest BCUT2D eigenvalue weighted by atomic mass is 35.5. The van der Waals surface area contributed by atoms with Gasteiger partial charge in [0.05, 0.1) is 23.3 Å². The Kier molecular flexibility index (Phi) is 4.54. The van der Waals surface area contributed by atoms with E-state index >= 15 is 0 Å². The number of aliphatic hydroxyl groups is 2. The zero-order chi connectivity index (χ0) is 12.1. The van der Waals surface area contributed by atoms with Gasteiger partial charge < -0.3 is 20.6 Å². The van der Waals surface area contributed by atoms with E-state index < -0.39 is 18.6 Å². The van der Waals surface area contributed by atoms with Gasteiger partial charge in [0.15, 0.2) is 0 Å². The van der Waals surface area contributed by atoms with Crippen molar-refractivity contribution in [1.82, 2.24) is 5.32 Å². The standard InChI is InChI=1S/C10H12ClNO4/c11-9-2-1-6(14)3-8(9)10(16)12-4-7(15)5-13/h1-3,7,13-15H,4-5H2,(H,12,16). The summed E-state index contributed by atoms with van der Waals surface area (Å²) in [5.74, 6) is -0.592. The number of carbonyl (C=O) groups excluding carboxylic acids is 1. The number of halogens is 1. The third-order valence-electron chi connectivity index (χ3n) is 1.90. The van der Waals surface area contributed by atoms with Gasteiger partial charge in [-0.05, 0) is 18.2 Å². The number of nitrogens with one attached hydrogen (secondary N) is 1. The molecule has 1 atom stereocenters. The molecule has 6 heteroatoms. The molecule has 1 unspecified atom stereocenters. The van der Waals surface area contributed by atoms with Crippen molar-refractivity contribution in [2.24, 2.45) is 0 Å². The largest absolute Gasteiger partial charge is 0.508 e. The van der Waals surface area contributed by atoms with Gasteiger partial charge >= 0.3 is 0 Å². The normalized spacial score (nSPS) is 12.2. The average Bonchev–Trinajstić information content (AvgIpc) is 2.28. The van der Waals surface area contributed by atoms with Crippen LogP contribution in [0, 0.1) is 0 Å². The van der Waals surface area contributed by atoms with Gasteiger partial charge in [-0.15, -0.1) is 0 Å². The fourth-order valence-electron chi connectivity index (χ4n) is 1.06. The van der Waals surface area contributed by atoms with Gasteiger partial charge in [-0.25, -0.2) is 0 Å². The van der Waals surface area contributed by atoms with Crippen molar-refractivity contribution in [3.8, 4) is 5.75 Å². The van der Waals surface area contributed by atoms with Gasteiger partial charge in [0.2, 0.25) is 0 Å². The Hall–Kier alpha value is -1.30. The molecule has 0 spiro atoms. The summed E-state index contributed by atoms with van der Waals surface area (Å²) >= 11 is 5.76. The van der Waals surface area contributed by atoms with E-state index in [9.17, 15) is 9.90 Å². The van der Waals surface area contributed by atoms with E-state index in [1.807, 2.05) is 0 Å². The fraction of sp³-hybridized carbons (Fsp3) is 0.300. The first-order valence-electron chi connectivity index (χ1n) is 4.60. The number of aromatic hydroxyl groups is 1. The molecule has 0 radical (unpaired) electrons. The van der Waals surface area contributed by atoms with Gasteiger partial charge in [0.25, 0.3) is 5.91 Å². The lowest BCUT2D eigenvalue weighted by Gasteiger charge is -2.10. The van der Waals surface area contributed by atoms with Gasteiger partial charge in [0.1, 0.15) is 5.75 Å². The average molecular weight is 246 g/mol. The predicted molar refractivity (Wildman–Crippen MR) is 58.5 cm³/mol. The number of hydrogen-bond acceptors (Lipinski definition) is 4. The second-order valence-electron chi connectivity index (χ2n) is 3.21. The molecule has 0 aromatic heterocycles. The fourth-order valence-corrected chi connectivity index (χ4v) is 1.26. The number of benzene rings is 1. The Balaban J connectivity index is 2.69. The Bertz CT molecular complexity index is 383. The minimum Gasteiger partial charge on any atom is -0.508 e. The molecule has 1 rings (SSSR count). The van der Waals surface area contributed by atoms with Crippen molar-refractivity contribution < 1.29 is 20.1 Å². The molecule has 4 N–H and O–H groups in total. The lowest BCUT2D eigenvalue weighted by Crippen LogP contribution is -2.33. The van der Waals surface area contributed by atoms with Crippen LogP contribution in [0.25, 0.3) is 0 Å². The minimum atomic E-state index is -1.01. The van der Waals surface area contributed by atoms with Crippen molar-refractivity contribution in [2.75, 3.05) is 13.2 Å². The van der Waals surface area contributed by atoms with Crippen LogP contribution >= 0.6 is 11.6 Å². The maximum atomic E-state index is 11.5. The summed E-state index contributed by atoms with van der Waals surface area (Å²) < 4.78 is 0. The summed E-state index contributed by atoms with van der Waals surface area (Å²) in [6, 6.07) is 3.99. The van der Waals surface area contributed by atoms with Gasteiger partial charge in [0, 0.05) is 6.54 Å². The summed E-state index contributed by atoms with van der Waals surface area (Å²) in [6.07, 6.45) is -1.01. The lowest BCUT2D eigenvalue weighted by molar-refractivity contribution is 0.0802. The van der Waals surface area contributed by atoms with Crippen molar-refractivity contribution in [2.45, 2.75) is 6.10 Å². The van der Waals surface area contributed by atoms with Crippen LogP contribution in [-0.2, 0) is 0 Å². The van der Waals surface area contributed by atoms with Crippen molar-refractivity contribution in [3.05, 3.63) is 28.8 Å². The second kappa shape index (κ2) is 5.69. The molecule has 0 aliphatic heterocycles. The first kappa shape index (κ1) is 12.8. The van der Waals surface area contributed by atoms with Crippen molar-refractivity contribution >= 4 is 17.5 Å². The summed E-state index contributed by atoms with van der Waals surface area (Å²) in [6.45, 7) is -0.518. The number of phenolic OH excluding ortho intramolecular Hbond substituents is 1. The number of rotatable bonds is 4. The smallest absolute Gasteiger partial charge is 0.253 e. The zero-order valence-corrected chi connectivity index (χ0v) is 9.11. The van der Waals surface area contributed by atoms with Crippen LogP contribution in [0.3, 0.4) is 0 Å². The quantitative estimate of drug-likeness (QED) is 0.607. The highest BCUT2D eigenvalue weighted by Gasteiger charge is 2.12. The minimum absolute atomic E-state index is 0.0720. The summed E-state index contributed by atoms with van der Waals surface area (Å²) in [5.41, 5.74) is 0.117. The highest BCUT2D eigenvalue weighted by Crippen LogP contribution is 2.20. The molecule has 0 saturated heterocycles. The molecular weight excluding hydrogens is 234 g/mol. The molecule has 5 nitrogen and oxygen atoms in total. The number of carbonyl (C=O) groups is 1. The third-order valence-corrected chi connectivity index (χ3v) is 2.23. The monoisotopic (exact) mass is 245 g/mol. The molecular formula is C10H12ClNO4. The molecule has 1 aromatic rings. The number of phenols is 1. The Morgan fingerprint density at radius 2 is 2.19 bits per heavy atom. The molecule has 0 aliphatic rings. The van der Waals surface area contributed by atoms with E-state index in [0.29, 0.717) is 0 Å². The van der Waals surface area contributed by atoms with Crippen LogP contribution in [0.1, 0.15) is 10.4 Å². The topological polar surface area (TPSA) is 89.8 Å². The molecule has 0 saturated carbocycles. The van der Waals surface area contributed by atoms with E-state index in [1.165, 1.54) is 18.2 Å².